The first kappa shape index (κ1) is 10.5. The Balaban J connectivity index is 1.70. The van der Waals surface area contributed by atoms with Gasteiger partial charge < -0.3 is 9.47 Å². The van der Waals surface area contributed by atoms with Crippen molar-refractivity contribution in [2.75, 3.05) is 5.94 Å². The molecule has 0 radical (unpaired) electrons. The second kappa shape index (κ2) is 4.72. The van der Waals surface area contributed by atoms with Gasteiger partial charge in [-0.2, -0.15) is 0 Å². The molecule has 1 aliphatic rings. The van der Waals surface area contributed by atoms with Crippen LogP contribution >= 0.6 is 11.8 Å². The van der Waals surface area contributed by atoms with Crippen LogP contribution in [0.15, 0.2) is 53.4 Å². The smallest absolute Gasteiger partial charge is 0.138 e. The largest absolute Gasteiger partial charge is 0.489 e. The summed E-state index contributed by atoms with van der Waals surface area (Å²) in [6.07, 6.45) is 0. The van der Waals surface area contributed by atoms with Crippen LogP contribution in [0, 0.1) is 0 Å². The van der Waals surface area contributed by atoms with Crippen LogP contribution in [0.2, 0.25) is 0 Å². The Morgan fingerprint density at radius 2 is 2.00 bits per heavy atom. The van der Waals surface area contributed by atoms with Gasteiger partial charge in [0, 0.05) is 0 Å². The molecule has 2 aromatic rings. The lowest BCUT2D eigenvalue weighted by Crippen LogP contribution is -1.94. The van der Waals surface area contributed by atoms with Crippen molar-refractivity contribution in [2.24, 2.45) is 0 Å². The number of thioether (sulfide) groups is 1. The molecule has 2 nitrogen and oxygen atoms in total. The molecule has 2 aromatic carbocycles. The van der Waals surface area contributed by atoms with E-state index in [9.17, 15) is 0 Å². The summed E-state index contributed by atoms with van der Waals surface area (Å²) in [5.74, 6) is 2.56. The highest BCUT2D eigenvalue weighted by molar-refractivity contribution is 7.99. The molecule has 0 unspecified atom stereocenters. The van der Waals surface area contributed by atoms with E-state index < -0.39 is 0 Å². The lowest BCUT2D eigenvalue weighted by molar-refractivity contribution is 0.304. The second-order valence-electron chi connectivity index (χ2n) is 3.79. The maximum absolute atomic E-state index is 5.75. The Labute approximate surface area is 105 Å². The van der Waals surface area contributed by atoms with Crippen LogP contribution in [0.1, 0.15) is 5.56 Å². The molecule has 0 fully saturated rings. The molecule has 1 heterocycles. The van der Waals surface area contributed by atoms with Gasteiger partial charge in [-0.05, 0) is 23.8 Å². The Morgan fingerprint density at radius 3 is 2.88 bits per heavy atom. The molecule has 0 aromatic heterocycles. The molecule has 0 N–H and O–H groups in total. The standard InChI is InChI=1S/C14H12O2S/c1-2-4-11(5-3-1)9-15-12-6-7-13-14(8-12)17-10-16-13/h1-8H,9-10H2. The fourth-order valence-corrected chi connectivity index (χ4v) is 2.49. The fourth-order valence-electron chi connectivity index (χ4n) is 1.71. The Kier molecular flexibility index (Phi) is 2.92. The van der Waals surface area contributed by atoms with E-state index in [1.165, 1.54) is 5.56 Å². The van der Waals surface area contributed by atoms with Crippen molar-refractivity contribution >= 4 is 11.8 Å². The summed E-state index contributed by atoms with van der Waals surface area (Å²) in [5.41, 5.74) is 1.18. The normalized spacial score (nSPS) is 12.9. The molecule has 86 valence electrons. The van der Waals surface area contributed by atoms with Gasteiger partial charge in [0.05, 0.1) is 4.90 Å². The number of hydrogen-bond donors (Lipinski definition) is 0. The monoisotopic (exact) mass is 244 g/mol. The van der Waals surface area contributed by atoms with Crippen LogP contribution in [0.5, 0.6) is 11.5 Å². The maximum Gasteiger partial charge on any atom is 0.138 e. The minimum atomic E-state index is 0.602. The molecule has 0 spiro atoms. The van der Waals surface area contributed by atoms with Crippen molar-refractivity contribution in [3.8, 4) is 11.5 Å². The van der Waals surface area contributed by atoms with Gasteiger partial charge in [-0.15, -0.1) is 0 Å². The predicted molar refractivity (Wildman–Crippen MR) is 68.6 cm³/mol. The number of benzene rings is 2. The summed E-state index contributed by atoms with van der Waals surface area (Å²) >= 11 is 1.70. The summed E-state index contributed by atoms with van der Waals surface area (Å²) in [4.78, 5) is 1.16. The minimum absolute atomic E-state index is 0.602. The third kappa shape index (κ3) is 2.39. The lowest BCUT2D eigenvalue weighted by atomic mass is 10.2. The van der Waals surface area contributed by atoms with Crippen LogP contribution in [0.25, 0.3) is 0 Å². The number of fused-ring (bicyclic) bond motifs is 1. The van der Waals surface area contributed by atoms with Crippen LogP contribution in [0.3, 0.4) is 0 Å². The van der Waals surface area contributed by atoms with Gasteiger partial charge in [-0.1, -0.05) is 42.1 Å². The van der Waals surface area contributed by atoms with Gasteiger partial charge in [-0.3, -0.25) is 0 Å². The lowest BCUT2D eigenvalue weighted by Gasteiger charge is -2.07. The number of ether oxygens (including phenoxy) is 2. The molecule has 3 heteroatoms. The van der Waals surface area contributed by atoms with Gasteiger partial charge in [0.1, 0.15) is 24.0 Å². The predicted octanol–water partition coefficient (Wildman–Crippen LogP) is 3.71. The highest BCUT2D eigenvalue weighted by Gasteiger charge is 2.13. The van der Waals surface area contributed by atoms with E-state index in [-0.39, 0.29) is 0 Å². The number of rotatable bonds is 3. The van der Waals surface area contributed by atoms with E-state index in [2.05, 4.69) is 12.1 Å². The molecule has 0 saturated heterocycles. The Hall–Kier alpha value is -1.61. The van der Waals surface area contributed by atoms with Crippen molar-refractivity contribution in [3.05, 3.63) is 54.1 Å². The van der Waals surface area contributed by atoms with Gasteiger partial charge in [0.2, 0.25) is 0 Å². The van der Waals surface area contributed by atoms with E-state index >= 15 is 0 Å². The molecular weight excluding hydrogens is 232 g/mol. The molecule has 17 heavy (non-hydrogen) atoms. The van der Waals surface area contributed by atoms with Crippen LogP contribution < -0.4 is 9.47 Å². The Morgan fingerprint density at radius 1 is 1.12 bits per heavy atom. The van der Waals surface area contributed by atoms with Crippen molar-refractivity contribution in [3.63, 3.8) is 0 Å². The molecular formula is C14H12O2S. The SMILES string of the molecule is c1ccc(COc2ccc3c(c2)SCO3)cc1. The quantitative estimate of drug-likeness (QED) is 0.820. The summed E-state index contributed by atoms with van der Waals surface area (Å²) in [7, 11) is 0. The fraction of sp³-hybridized carbons (Fsp3) is 0.143. The molecule has 0 saturated carbocycles. The zero-order valence-corrected chi connectivity index (χ0v) is 10.1. The molecule has 0 bridgehead atoms. The van der Waals surface area contributed by atoms with Crippen LogP contribution in [0.4, 0.5) is 0 Å². The highest BCUT2D eigenvalue weighted by Crippen LogP contribution is 2.38. The van der Waals surface area contributed by atoms with E-state index in [0.717, 1.165) is 16.4 Å². The first-order valence-corrected chi connectivity index (χ1v) is 6.47. The van der Waals surface area contributed by atoms with Gasteiger partial charge in [0.15, 0.2) is 0 Å². The van der Waals surface area contributed by atoms with Crippen molar-refractivity contribution < 1.29 is 9.47 Å². The van der Waals surface area contributed by atoms with Crippen molar-refractivity contribution in [1.82, 2.24) is 0 Å². The van der Waals surface area contributed by atoms with Crippen LogP contribution in [-0.4, -0.2) is 5.94 Å². The zero-order valence-electron chi connectivity index (χ0n) is 9.26. The summed E-state index contributed by atoms with van der Waals surface area (Å²) < 4.78 is 11.2. The number of hydrogen-bond acceptors (Lipinski definition) is 3. The second-order valence-corrected chi connectivity index (χ2v) is 4.75. The van der Waals surface area contributed by atoms with E-state index in [1.807, 2.05) is 36.4 Å². The average Bonchev–Trinajstić information content (AvgIpc) is 2.85. The summed E-state index contributed by atoms with van der Waals surface area (Å²) in [6.45, 7) is 0.602. The highest BCUT2D eigenvalue weighted by atomic mass is 32.2. The van der Waals surface area contributed by atoms with E-state index in [0.29, 0.717) is 12.5 Å². The molecule has 0 aliphatic carbocycles. The summed E-state index contributed by atoms with van der Waals surface area (Å²) in [5, 5.41) is 0. The first-order chi connectivity index (χ1) is 8.42. The summed E-state index contributed by atoms with van der Waals surface area (Å²) in [6, 6.07) is 16.1. The third-order valence-electron chi connectivity index (χ3n) is 2.59. The Bertz CT molecular complexity index is 511. The van der Waals surface area contributed by atoms with Crippen LogP contribution in [-0.2, 0) is 6.61 Å². The minimum Gasteiger partial charge on any atom is -0.489 e. The van der Waals surface area contributed by atoms with E-state index in [4.69, 9.17) is 9.47 Å². The molecule has 0 amide bonds. The average molecular weight is 244 g/mol. The topological polar surface area (TPSA) is 18.5 Å². The zero-order chi connectivity index (χ0) is 11.5. The van der Waals surface area contributed by atoms with Crippen molar-refractivity contribution in [1.29, 1.82) is 0 Å². The third-order valence-corrected chi connectivity index (χ3v) is 3.46. The first-order valence-electron chi connectivity index (χ1n) is 5.48. The molecule has 1 aliphatic heterocycles. The molecule has 3 rings (SSSR count). The maximum atomic E-state index is 5.75. The van der Waals surface area contributed by atoms with Gasteiger partial charge in [0.25, 0.3) is 0 Å². The van der Waals surface area contributed by atoms with Crippen molar-refractivity contribution in [2.45, 2.75) is 11.5 Å². The van der Waals surface area contributed by atoms with Gasteiger partial charge >= 0.3 is 0 Å². The molecule has 0 atom stereocenters. The van der Waals surface area contributed by atoms with E-state index in [1.54, 1.807) is 11.8 Å². The van der Waals surface area contributed by atoms with Gasteiger partial charge in [-0.25, -0.2) is 0 Å².